The second-order valence-electron chi connectivity index (χ2n) is 5.92. The van der Waals surface area contributed by atoms with Crippen LogP contribution in [0.2, 0.25) is 0 Å². The molecule has 0 saturated carbocycles. The highest BCUT2D eigenvalue weighted by Gasteiger charge is 2.24. The summed E-state index contributed by atoms with van der Waals surface area (Å²) in [6.45, 7) is 3.66. The fourth-order valence-corrected chi connectivity index (χ4v) is 2.86. The van der Waals surface area contributed by atoms with Gasteiger partial charge in [0.2, 0.25) is 0 Å². The fraction of sp³-hybridized carbons (Fsp3) is 0.500. The molecule has 2 aromatic rings. The van der Waals surface area contributed by atoms with E-state index in [4.69, 9.17) is 0 Å². The van der Waals surface area contributed by atoms with Crippen molar-refractivity contribution >= 4 is 11.6 Å². The number of nitrogens with zero attached hydrogens (tertiary/aromatic N) is 5. The average molecular weight is 314 g/mol. The number of hydrogen-bond donors (Lipinski definition) is 1. The van der Waals surface area contributed by atoms with Gasteiger partial charge in [-0.2, -0.15) is 5.10 Å². The van der Waals surface area contributed by atoms with E-state index < -0.39 is 0 Å². The largest absolute Gasteiger partial charge is 0.367 e. The predicted octanol–water partition coefficient (Wildman–Crippen LogP) is 1.35. The topological polar surface area (TPSA) is 75.9 Å². The average Bonchev–Trinajstić information content (AvgIpc) is 2.57. The van der Waals surface area contributed by atoms with Crippen LogP contribution in [0.5, 0.6) is 0 Å². The van der Waals surface area contributed by atoms with Crippen molar-refractivity contribution in [3.63, 3.8) is 0 Å². The first-order valence-electron chi connectivity index (χ1n) is 7.97. The van der Waals surface area contributed by atoms with E-state index in [0.29, 0.717) is 6.04 Å². The number of anilines is 2. The summed E-state index contributed by atoms with van der Waals surface area (Å²) < 4.78 is 1.39. The highest BCUT2D eigenvalue weighted by molar-refractivity contribution is 5.40. The molecule has 2 aromatic heterocycles. The maximum absolute atomic E-state index is 11.5. The van der Waals surface area contributed by atoms with Crippen LogP contribution < -0.4 is 15.8 Å². The van der Waals surface area contributed by atoms with Crippen molar-refractivity contribution in [1.82, 2.24) is 19.7 Å². The van der Waals surface area contributed by atoms with Gasteiger partial charge in [-0.3, -0.25) is 9.78 Å². The minimum absolute atomic E-state index is 0.0876. The van der Waals surface area contributed by atoms with Gasteiger partial charge in [-0.15, -0.1) is 0 Å². The number of aryl methyl sites for hydroxylation is 2. The molecule has 23 heavy (non-hydrogen) atoms. The minimum Gasteiger partial charge on any atom is -0.367 e. The van der Waals surface area contributed by atoms with Crippen LogP contribution in [0.1, 0.15) is 25.0 Å². The Labute approximate surface area is 135 Å². The molecule has 0 aliphatic carbocycles. The van der Waals surface area contributed by atoms with E-state index in [1.165, 1.54) is 11.1 Å². The second kappa shape index (κ2) is 6.76. The quantitative estimate of drug-likeness (QED) is 0.918. The molecule has 7 nitrogen and oxygen atoms in total. The molecule has 0 spiro atoms. The lowest BCUT2D eigenvalue weighted by Crippen LogP contribution is -2.45. The molecule has 0 radical (unpaired) electrons. The molecule has 0 aromatic carbocycles. The Balaban J connectivity index is 1.72. The monoisotopic (exact) mass is 314 g/mol. The number of hydrogen-bond acceptors (Lipinski definition) is 6. The molecule has 1 aliphatic heterocycles. The smallest absolute Gasteiger partial charge is 0.266 e. The molecule has 1 aliphatic rings. The van der Waals surface area contributed by atoms with E-state index in [0.717, 1.165) is 43.3 Å². The maximum atomic E-state index is 11.5. The van der Waals surface area contributed by atoms with Crippen LogP contribution in [0.15, 0.2) is 29.3 Å². The highest BCUT2D eigenvalue weighted by atomic mass is 16.1. The van der Waals surface area contributed by atoms with Crippen LogP contribution in [0.3, 0.4) is 0 Å². The lowest BCUT2D eigenvalue weighted by atomic mass is 10.0. The van der Waals surface area contributed by atoms with E-state index in [1.807, 2.05) is 13.0 Å². The molecule has 1 atom stereocenters. The zero-order chi connectivity index (χ0) is 16.2. The number of rotatable bonds is 4. The van der Waals surface area contributed by atoms with Crippen molar-refractivity contribution in [3.05, 3.63) is 40.6 Å². The van der Waals surface area contributed by atoms with E-state index in [9.17, 15) is 4.79 Å². The standard InChI is InChI=1S/C16H22N6O/c1-12-9-18-14(11-17-12)19-10-13-5-3-4-8-22(13)15-6-7-16(23)21(2)20-15/h6-7,9,11,13H,3-5,8,10H2,1-2H3,(H,18,19). The van der Waals surface area contributed by atoms with Crippen LogP contribution >= 0.6 is 0 Å². The van der Waals surface area contributed by atoms with E-state index in [1.54, 1.807) is 25.5 Å². The van der Waals surface area contributed by atoms with Crippen molar-refractivity contribution in [2.75, 3.05) is 23.3 Å². The van der Waals surface area contributed by atoms with Crippen LogP contribution in [0.4, 0.5) is 11.6 Å². The van der Waals surface area contributed by atoms with Gasteiger partial charge in [-0.05, 0) is 32.3 Å². The molecular formula is C16H22N6O. The first kappa shape index (κ1) is 15.5. The molecule has 1 fully saturated rings. The fourth-order valence-electron chi connectivity index (χ4n) is 2.86. The third-order valence-corrected chi connectivity index (χ3v) is 4.17. The zero-order valence-corrected chi connectivity index (χ0v) is 13.6. The lowest BCUT2D eigenvalue weighted by molar-refractivity contribution is 0.464. The Bertz CT molecular complexity index is 711. The van der Waals surface area contributed by atoms with Crippen LogP contribution in [-0.2, 0) is 7.05 Å². The molecule has 3 rings (SSSR count). The first-order valence-corrected chi connectivity index (χ1v) is 7.97. The zero-order valence-electron chi connectivity index (χ0n) is 13.6. The summed E-state index contributed by atoms with van der Waals surface area (Å²) in [7, 11) is 1.69. The van der Waals surface area contributed by atoms with Gasteiger partial charge in [0.25, 0.3) is 5.56 Å². The van der Waals surface area contributed by atoms with E-state index in [-0.39, 0.29) is 5.56 Å². The van der Waals surface area contributed by atoms with Gasteiger partial charge in [0.15, 0.2) is 0 Å². The van der Waals surface area contributed by atoms with Crippen LogP contribution in [0, 0.1) is 6.92 Å². The van der Waals surface area contributed by atoms with E-state index in [2.05, 4.69) is 25.3 Å². The number of aromatic nitrogens is 4. The van der Waals surface area contributed by atoms with Crippen molar-refractivity contribution in [2.24, 2.45) is 7.05 Å². The summed E-state index contributed by atoms with van der Waals surface area (Å²) in [4.78, 5) is 22.4. The van der Waals surface area contributed by atoms with Gasteiger partial charge in [-0.1, -0.05) is 0 Å². The molecule has 122 valence electrons. The third-order valence-electron chi connectivity index (χ3n) is 4.17. The predicted molar refractivity (Wildman–Crippen MR) is 89.7 cm³/mol. The number of nitrogens with one attached hydrogen (secondary N) is 1. The summed E-state index contributed by atoms with van der Waals surface area (Å²) in [5, 5.41) is 7.74. The van der Waals surface area contributed by atoms with Gasteiger partial charge in [-0.25, -0.2) is 9.67 Å². The van der Waals surface area contributed by atoms with Crippen molar-refractivity contribution in [3.8, 4) is 0 Å². The van der Waals surface area contributed by atoms with Gasteiger partial charge in [0, 0.05) is 32.2 Å². The molecule has 0 bridgehead atoms. The Kier molecular flexibility index (Phi) is 4.55. The van der Waals surface area contributed by atoms with E-state index >= 15 is 0 Å². The third kappa shape index (κ3) is 3.67. The minimum atomic E-state index is -0.0876. The SMILES string of the molecule is Cc1cnc(NCC2CCCCN2c2ccc(=O)n(C)n2)cn1. The lowest BCUT2D eigenvalue weighted by Gasteiger charge is -2.36. The molecule has 3 heterocycles. The normalized spacial score (nSPS) is 18.0. The Morgan fingerprint density at radius 1 is 1.26 bits per heavy atom. The molecular weight excluding hydrogens is 292 g/mol. The summed E-state index contributed by atoms with van der Waals surface area (Å²) >= 11 is 0. The van der Waals surface area contributed by atoms with Crippen molar-refractivity contribution in [1.29, 1.82) is 0 Å². The first-order chi connectivity index (χ1) is 11.1. The summed E-state index contributed by atoms with van der Waals surface area (Å²) in [6.07, 6.45) is 6.96. The van der Waals surface area contributed by atoms with Gasteiger partial charge < -0.3 is 10.2 Å². The van der Waals surface area contributed by atoms with Crippen molar-refractivity contribution in [2.45, 2.75) is 32.2 Å². The van der Waals surface area contributed by atoms with Crippen LogP contribution in [0.25, 0.3) is 0 Å². The summed E-state index contributed by atoms with van der Waals surface area (Å²) in [5.74, 6) is 1.64. The van der Waals surface area contributed by atoms with Crippen molar-refractivity contribution < 1.29 is 0 Å². The summed E-state index contributed by atoms with van der Waals surface area (Å²) in [6, 6.07) is 3.72. The second-order valence-corrected chi connectivity index (χ2v) is 5.92. The van der Waals surface area contributed by atoms with Gasteiger partial charge in [0.1, 0.15) is 11.6 Å². The van der Waals surface area contributed by atoms with Gasteiger partial charge >= 0.3 is 0 Å². The Morgan fingerprint density at radius 3 is 2.87 bits per heavy atom. The maximum Gasteiger partial charge on any atom is 0.266 e. The van der Waals surface area contributed by atoms with Gasteiger partial charge in [0.05, 0.1) is 18.1 Å². The molecule has 1 unspecified atom stereocenters. The molecule has 1 saturated heterocycles. The Morgan fingerprint density at radius 2 is 2.13 bits per heavy atom. The highest BCUT2D eigenvalue weighted by Crippen LogP contribution is 2.22. The Hall–Kier alpha value is -2.44. The molecule has 0 amide bonds. The summed E-state index contributed by atoms with van der Waals surface area (Å²) in [5.41, 5.74) is 0.819. The van der Waals surface area contributed by atoms with Crippen LogP contribution in [-0.4, -0.2) is 38.9 Å². The molecule has 1 N–H and O–H groups in total. The molecule has 7 heteroatoms. The number of piperidine rings is 1.